The molecule has 3 atom stereocenters. The molecule has 2 heterocycles. The van der Waals surface area contributed by atoms with Crippen molar-refractivity contribution in [2.24, 2.45) is 0 Å². The minimum atomic E-state index is -5.02. The quantitative estimate of drug-likeness (QED) is 0.267. The van der Waals surface area contributed by atoms with E-state index < -0.39 is 45.4 Å². The Bertz CT molecular complexity index is 980. The number of halogens is 7. The first kappa shape index (κ1) is 28.9. The molecule has 3 rings (SSSR count). The SMILES string of the molecule is CC(=O)NC(N1CCN(c2ccc(N3CC(CNC(=O)C(F)(F)F)OC3=O)cc2)CC1F)C(Br)(Br)Br. The second-order valence-electron chi connectivity index (χ2n) is 8.10. The van der Waals surface area contributed by atoms with E-state index in [1.807, 2.05) is 4.90 Å². The van der Waals surface area contributed by atoms with Crippen molar-refractivity contribution in [3.8, 4) is 0 Å². The van der Waals surface area contributed by atoms with E-state index in [0.717, 1.165) is 0 Å². The van der Waals surface area contributed by atoms with Gasteiger partial charge in [-0.1, -0.05) is 47.8 Å². The number of hydrogen-bond acceptors (Lipinski definition) is 6. The average molecular weight is 712 g/mol. The summed E-state index contributed by atoms with van der Waals surface area (Å²) in [4.78, 5) is 39.3. The number of amides is 3. The first-order valence-electron chi connectivity index (χ1n) is 10.6. The van der Waals surface area contributed by atoms with E-state index in [1.165, 1.54) is 16.7 Å². The molecule has 1 aromatic carbocycles. The van der Waals surface area contributed by atoms with Crippen LogP contribution in [-0.2, 0) is 14.3 Å². The van der Waals surface area contributed by atoms with Crippen LogP contribution in [0.2, 0.25) is 0 Å². The Hall–Kier alpha value is -1.65. The maximum Gasteiger partial charge on any atom is 0.471 e. The Morgan fingerprint density at radius 2 is 1.72 bits per heavy atom. The van der Waals surface area contributed by atoms with E-state index in [9.17, 15) is 27.6 Å². The fourth-order valence-corrected chi connectivity index (χ4v) is 4.95. The molecule has 2 aliphatic heterocycles. The first-order chi connectivity index (χ1) is 16.7. The third kappa shape index (κ3) is 7.22. The van der Waals surface area contributed by atoms with Gasteiger partial charge in [0, 0.05) is 31.4 Å². The molecule has 0 bridgehead atoms. The number of rotatable bonds is 6. The number of anilines is 2. The van der Waals surface area contributed by atoms with Gasteiger partial charge in [-0.15, -0.1) is 0 Å². The Morgan fingerprint density at radius 3 is 2.25 bits per heavy atom. The molecule has 0 saturated carbocycles. The van der Waals surface area contributed by atoms with E-state index in [-0.39, 0.29) is 19.0 Å². The summed E-state index contributed by atoms with van der Waals surface area (Å²) >= 11 is 10.1. The molecular formula is C20H22Br3F4N5O4. The lowest BCUT2D eigenvalue weighted by Gasteiger charge is -2.44. The maximum atomic E-state index is 15.1. The normalized spacial score (nSPS) is 22.3. The van der Waals surface area contributed by atoms with Crippen molar-refractivity contribution in [2.45, 2.75) is 33.8 Å². The molecule has 3 amide bonds. The lowest BCUT2D eigenvalue weighted by molar-refractivity contribution is -0.173. The maximum absolute atomic E-state index is 15.1. The van der Waals surface area contributed by atoms with Crippen LogP contribution in [0.5, 0.6) is 0 Å². The number of cyclic esters (lactones) is 1. The largest absolute Gasteiger partial charge is 0.471 e. The number of carbonyl (C=O) groups excluding carboxylic acids is 3. The van der Waals surface area contributed by atoms with Crippen molar-refractivity contribution in [1.82, 2.24) is 15.5 Å². The predicted molar refractivity (Wildman–Crippen MR) is 134 cm³/mol. The van der Waals surface area contributed by atoms with Gasteiger partial charge in [-0.05, 0) is 24.3 Å². The zero-order valence-corrected chi connectivity index (χ0v) is 23.5. The van der Waals surface area contributed by atoms with Crippen LogP contribution in [0.15, 0.2) is 24.3 Å². The summed E-state index contributed by atoms with van der Waals surface area (Å²) in [5.41, 5.74) is 1.14. The van der Waals surface area contributed by atoms with Crippen LogP contribution < -0.4 is 20.4 Å². The molecule has 16 heteroatoms. The highest BCUT2D eigenvalue weighted by molar-refractivity contribution is 9.39. The fraction of sp³-hybridized carbons (Fsp3) is 0.550. The minimum Gasteiger partial charge on any atom is -0.442 e. The van der Waals surface area contributed by atoms with Crippen LogP contribution in [0.3, 0.4) is 0 Å². The van der Waals surface area contributed by atoms with Gasteiger partial charge in [0.05, 0.1) is 19.6 Å². The van der Waals surface area contributed by atoms with Crippen LogP contribution in [0.4, 0.5) is 33.7 Å². The number of piperazine rings is 1. The molecule has 0 aromatic heterocycles. The number of hydrogen-bond donors (Lipinski definition) is 2. The topological polar surface area (TPSA) is 94.2 Å². The van der Waals surface area contributed by atoms with E-state index in [0.29, 0.717) is 24.5 Å². The van der Waals surface area contributed by atoms with Gasteiger partial charge in [-0.3, -0.25) is 14.5 Å². The van der Waals surface area contributed by atoms with Crippen LogP contribution in [0.25, 0.3) is 0 Å². The van der Waals surface area contributed by atoms with Gasteiger partial charge in [-0.2, -0.15) is 13.2 Å². The molecule has 200 valence electrons. The van der Waals surface area contributed by atoms with E-state index in [2.05, 4.69) is 53.1 Å². The zero-order valence-electron chi connectivity index (χ0n) is 18.7. The van der Waals surface area contributed by atoms with Crippen molar-refractivity contribution in [2.75, 3.05) is 42.5 Å². The lowest BCUT2D eigenvalue weighted by Crippen LogP contribution is -2.63. The molecule has 2 N–H and O–H groups in total. The molecule has 1 aromatic rings. The second kappa shape index (κ2) is 11.4. The van der Waals surface area contributed by atoms with E-state index >= 15 is 4.39 Å². The van der Waals surface area contributed by atoms with Crippen LogP contribution >= 0.6 is 47.8 Å². The van der Waals surface area contributed by atoms with Gasteiger partial charge < -0.3 is 20.3 Å². The van der Waals surface area contributed by atoms with Gasteiger partial charge >= 0.3 is 18.2 Å². The molecule has 2 saturated heterocycles. The van der Waals surface area contributed by atoms with E-state index in [4.69, 9.17) is 4.74 Å². The summed E-state index contributed by atoms with van der Waals surface area (Å²) < 4.78 is 56.2. The first-order valence-corrected chi connectivity index (χ1v) is 13.0. The third-order valence-corrected chi connectivity index (χ3v) is 6.79. The summed E-state index contributed by atoms with van der Waals surface area (Å²) in [6.45, 7) is 1.59. The zero-order chi connectivity index (χ0) is 26.8. The summed E-state index contributed by atoms with van der Waals surface area (Å²) in [5, 5.41) is 4.40. The van der Waals surface area contributed by atoms with Crippen molar-refractivity contribution in [3.05, 3.63) is 24.3 Å². The monoisotopic (exact) mass is 709 g/mol. The van der Waals surface area contributed by atoms with Gasteiger partial charge in [0.25, 0.3) is 0 Å². The summed E-state index contributed by atoms with van der Waals surface area (Å²) in [6.07, 6.45) is -8.84. The van der Waals surface area contributed by atoms with Crippen LogP contribution in [-0.4, -0.2) is 82.4 Å². The molecule has 2 fully saturated rings. The fourth-order valence-electron chi connectivity index (χ4n) is 3.81. The second-order valence-corrected chi connectivity index (χ2v) is 15.0. The number of benzene rings is 1. The average Bonchev–Trinajstić information content (AvgIpc) is 3.15. The molecule has 36 heavy (non-hydrogen) atoms. The van der Waals surface area contributed by atoms with Crippen LogP contribution in [0.1, 0.15) is 6.92 Å². The van der Waals surface area contributed by atoms with Gasteiger partial charge in [0.1, 0.15) is 12.3 Å². The molecular weight excluding hydrogens is 690 g/mol. The van der Waals surface area contributed by atoms with Crippen LogP contribution in [0, 0.1) is 0 Å². The van der Waals surface area contributed by atoms with Crippen molar-refractivity contribution < 1.29 is 36.7 Å². The third-order valence-electron chi connectivity index (χ3n) is 5.49. The molecule has 0 radical (unpaired) electrons. The van der Waals surface area contributed by atoms with Crippen molar-refractivity contribution >= 4 is 77.1 Å². The lowest BCUT2D eigenvalue weighted by atomic mass is 10.2. The standard InChI is InChI=1S/C20H22Br3F4N5O4/c1-11(33)29-16(19(21,22)23)31-7-6-30(10-15(31)24)12-2-4-13(5-3-12)32-9-14(36-18(32)35)8-28-17(34)20(25,26)27/h2-5,14-16H,6-10H2,1H3,(H,28,34)(H,29,33). The predicted octanol–water partition coefficient (Wildman–Crippen LogP) is 3.41. The van der Waals surface area contributed by atoms with Crippen molar-refractivity contribution in [3.63, 3.8) is 0 Å². The highest BCUT2D eigenvalue weighted by Gasteiger charge is 2.42. The summed E-state index contributed by atoms with van der Waals surface area (Å²) in [6, 6.07) is 6.62. The Kier molecular flexibility index (Phi) is 9.15. The highest BCUT2D eigenvalue weighted by atomic mass is 80.0. The number of carbonyl (C=O) groups is 3. The number of nitrogens with zero attached hydrogens (tertiary/aromatic N) is 3. The Balaban J connectivity index is 1.60. The number of ether oxygens (including phenoxy) is 1. The molecule has 0 spiro atoms. The number of alkyl halides is 7. The molecule has 9 nitrogen and oxygen atoms in total. The van der Waals surface area contributed by atoms with E-state index in [1.54, 1.807) is 29.6 Å². The summed E-state index contributed by atoms with van der Waals surface area (Å²) in [5.74, 6) is -2.43. The smallest absolute Gasteiger partial charge is 0.442 e. The van der Waals surface area contributed by atoms with Gasteiger partial charge in [0.15, 0.2) is 8.44 Å². The van der Waals surface area contributed by atoms with Gasteiger partial charge in [0.2, 0.25) is 5.91 Å². The van der Waals surface area contributed by atoms with Crippen molar-refractivity contribution in [1.29, 1.82) is 0 Å². The molecule has 3 unspecified atom stereocenters. The minimum absolute atomic E-state index is 0.0191. The number of nitrogens with one attached hydrogen (secondary N) is 2. The molecule has 0 aliphatic carbocycles. The Morgan fingerprint density at radius 1 is 1.11 bits per heavy atom. The Labute approximate surface area is 229 Å². The van der Waals surface area contributed by atoms with Gasteiger partial charge in [-0.25, -0.2) is 14.1 Å². The highest BCUT2D eigenvalue weighted by Crippen LogP contribution is 2.40. The molecule has 2 aliphatic rings. The summed E-state index contributed by atoms with van der Waals surface area (Å²) in [7, 11) is 0.